The topological polar surface area (TPSA) is 65.4 Å². The van der Waals surface area contributed by atoms with E-state index in [1.165, 1.54) is 0 Å². The summed E-state index contributed by atoms with van der Waals surface area (Å²) in [7, 11) is 3.14. The SMILES string of the molecule is COc1ccc(OC)c(NC(=O)c2cn3c(n2)CCCC3)c1. The van der Waals surface area contributed by atoms with E-state index in [-0.39, 0.29) is 5.91 Å². The zero-order valence-electron chi connectivity index (χ0n) is 12.8. The van der Waals surface area contributed by atoms with Crippen LogP contribution >= 0.6 is 0 Å². The van der Waals surface area contributed by atoms with E-state index in [0.717, 1.165) is 31.6 Å². The van der Waals surface area contributed by atoms with Crippen molar-refractivity contribution < 1.29 is 14.3 Å². The molecule has 22 heavy (non-hydrogen) atoms. The molecule has 0 radical (unpaired) electrons. The number of fused-ring (bicyclic) bond motifs is 1. The van der Waals surface area contributed by atoms with Crippen LogP contribution in [0.5, 0.6) is 11.5 Å². The highest BCUT2D eigenvalue weighted by Gasteiger charge is 2.18. The van der Waals surface area contributed by atoms with E-state index in [1.54, 1.807) is 32.4 Å². The smallest absolute Gasteiger partial charge is 0.275 e. The third kappa shape index (κ3) is 2.77. The second-order valence-electron chi connectivity index (χ2n) is 5.21. The number of nitrogens with zero attached hydrogens (tertiary/aromatic N) is 2. The van der Waals surface area contributed by atoms with Crippen molar-refractivity contribution in [1.82, 2.24) is 9.55 Å². The number of aryl methyl sites for hydroxylation is 2. The summed E-state index contributed by atoms with van der Waals surface area (Å²) in [4.78, 5) is 16.8. The van der Waals surface area contributed by atoms with Gasteiger partial charge in [0.15, 0.2) is 0 Å². The van der Waals surface area contributed by atoms with Gasteiger partial charge in [-0.2, -0.15) is 0 Å². The Labute approximate surface area is 129 Å². The van der Waals surface area contributed by atoms with Gasteiger partial charge in [-0.25, -0.2) is 4.98 Å². The minimum atomic E-state index is -0.242. The zero-order valence-corrected chi connectivity index (χ0v) is 12.8. The van der Waals surface area contributed by atoms with Crippen molar-refractivity contribution in [3.8, 4) is 11.5 Å². The first-order valence-corrected chi connectivity index (χ1v) is 7.30. The summed E-state index contributed by atoms with van der Waals surface area (Å²) >= 11 is 0. The number of ether oxygens (including phenoxy) is 2. The average Bonchev–Trinajstić information content (AvgIpc) is 2.99. The van der Waals surface area contributed by atoms with Crippen molar-refractivity contribution >= 4 is 11.6 Å². The molecule has 0 atom stereocenters. The third-order valence-corrected chi connectivity index (χ3v) is 3.80. The van der Waals surface area contributed by atoms with E-state index >= 15 is 0 Å². The second-order valence-corrected chi connectivity index (χ2v) is 5.21. The van der Waals surface area contributed by atoms with E-state index < -0.39 is 0 Å². The second kappa shape index (κ2) is 6.09. The van der Waals surface area contributed by atoms with E-state index in [4.69, 9.17) is 9.47 Å². The maximum absolute atomic E-state index is 12.4. The maximum Gasteiger partial charge on any atom is 0.275 e. The molecular weight excluding hydrogens is 282 g/mol. The third-order valence-electron chi connectivity index (χ3n) is 3.80. The quantitative estimate of drug-likeness (QED) is 0.942. The van der Waals surface area contributed by atoms with Gasteiger partial charge in [0.25, 0.3) is 5.91 Å². The van der Waals surface area contributed by atoms with Gasteiger partial charge in [0.05, 0.1) is 19.9 Å². The lowest BCUT2D eigenvalue weighted by atomic mass is 10.2. The van der Waals surface area contributed by atoms with E-state index in [0.29, 0.717) is 22.9 Å². The van der Waals surface area contributed by atoms with Crippen molar-refractivity contribution in [2.24, 2.45) is 0 Å². The van der Waals surface area contributed by atoms with Gasteiger partial charge in [-0.05, 0) is 25.0 Å². The molecule has 6 nitrogen and oxygen atoms in total. The Morgan fingerprint density at radius 1 is 1.27 bits per heavy atom. The number of rotatable bonds is 4. The lowest BCUT2D eigenvalue weighted by Gasteiger charge is -2.11. The molecule has 0 aliphatic carbocycles. The first-order valence-electron chi connectivity index (χ1n) is 7.30. The fraction of sp³-hybridized carbons (Fsp3) is 0.375. The van der Waals surface area contributed by atoms with Crippen molar-refractivity contribution in [2.75, 3.05) is 19.5 Å². The molecule has 1 aromatic carbocycles. The van der Waals surface area contributed by atoms with Gasteiger partial charge >= 0.3 is 0 Å². The average molecular weight is 301 g/mol. The predicted molar refractivity (Wildman–Crippen MR) is 82.7 cm³/mol. The number of imidazole rings is 1. The summed E-state index contributed by atoms with van der Waals surface area (Å²) in [5.41, 5.74) is 1.000. The van der Waals surface area contributed by atoms with Crippen LogP contribution in [0.25, 0.3) is 0 Å². The van der Waals surface area contributed by atoms with Crippen LogP contribution in [0.2, 0.25) is 0 Å². The normalized spacial score (nSPS) is 13.4. The molecular formula is C16H19N3O3. The van der Waals surface area contributed by atoms with Crippen molar-refractivity contribution in [3.63, 3.8) is 0 Å². The number of carbonyl (C=O) groups is 1. The largest absolute Gasteiger partial charge is 0.497 e. The van der Waals surface area contributed by atoms with Gasteiger partial charge in [-0.3, -0.25) is 4.79 Å². The summed E-state index contributed by atoms with van der Waals surface area (Å²) in [6, 6.07) is 5.27. The maximum atomic E-state index is 12.4. The molecule has 1 aliphatic heterocycles. The van der Waals surface area contributed by atoms with Crippen LogP contribution in [-0.4, -0.2) is 29.7 Å². The first kappa shape index (κ1) is 14.4. The molecule has 3 rings (SSSR count). The number of anilines is 1. The molecule has 2 aromatic rings. The van der Waals surface area contributed by atoms with Crippen LogP contribution in [0.1, 0.15) is 29.2 Å². The molecule has 1 aliphatic rings. The Kier molecular flexibility index (Phi) is 4.00. The van der Waals surface area contributed by atoms with Crippen LogP contribution < -0.4 is 14.8 Å². The minimum absolute atomic E-state index is 0.242. The molecule has 1 N–H and O–H groups in total. The van der Waals surface area contributed by atoms with Gasteiger partial charge < -0.3 is 19.4 Å². The number of benzene rings is 1. The molecule has 0 bridgehead atoms. The number of hydrogen-bond donors (Lipinski definition) is 1. The van der Waals surface area contributed by atoms with E-state index in [2.05, 4.69) is 14.9 Å². The molecule has 1 aromatic heterocycles. The van der Waals surface area contributed by atoms with Crippen LogP contribution in [0, 0.1) is 0 Å². The molecule has 1 amide bonds. The molecule has 0 saturated heterocycles. The highest BCUT2D eigenvalue weighted by Crippen LogP contribution is 2.29. The number of amides is 1. The van der Waals surface area contributed by atoms with Crippen LogP contribution in [-0.2, 0) is 13.0 Å². The van der Waals surface area contributed by atoms with Crippen LogP contribution in [0.4, 0.5) is 5.69 Å². The standard InChI is InChI=1S/C16H19N3O3/c1-21-11-6-7-14(22-2)12(9-11)18-16(20)13-10-19-8-4-3-5-15(19)17-13/h6-7,9-10H,3-5,8H2,1-2H3,(H,18,20). The number of carbonyl (C=O) groups excluding carboxylic acids is 1. The fourth-order valence-corrected chi connectivity index (χ4v) is 2.62. The van der Waals surface area contributed by atoms with E-state index in [1.807, 2.05) is 6.20 Å². The number of hydrogen-bond acceptors (Lipinski definition) is 4. The van der Waals surface area contributed by atoms with Crippen LogP contribution in [0.15, 0.2) is 24.4 Å². The summed E-state index contributed by atoms with van der Waals surface area (Å²) in [5, 5.41) is 2.84. The van der Waals surface area contributed by atoms with Gasteiger partial charge in [0.1, 0.15) is 23.0 Å². The number of methoxy groups -OCH3 is 2. The van der Waals surface area contributed by atoms with Gasteiger partial charge in [-0.15, -0.1) is 0 Å². The molecule has 0 spiro atoms. The minimum Gasteiger partial charge on any atom is -0.497 e. The Balaban J connectivity index is 1.83. The summed E-state index contributed by atoms with van der Waals surface area (Å²) in [6.45, 7) is 0.929. The highest BCUT2D eigenvalue weighted by atomic mass is 16.5. The first-order chi connectivity index (χ1) is 10.7. The number of aromatic nitrogens is 2. The molecule has 2 heterocycles. The summed E-state index contributed by atoms with van der Waals surface area (Å²) in [6.07, 6.45) is 5.00. The zero-order chi connectivity index (χ0) is 15.5. The molecule has 0 saturated carbocycles. The van der Waals surface area contributed by atoms with Crippen molar-refractivity contribution in [2.45, 2.75) is 25.8 Å². The lowest BCUT2D eigenvalue weighted by molar-refractivity contribution is 0.102. The lowest BCUT2D eigenvalue weighted by Crippen LogP contribution is -2.13. The highest BCUT2D eigenvalue weighted by molar-refractivity contribution is 6.03. The molecule has 0 fully saturated rings. The Morgan fingerprint density at radius 3 is 2.86 bits per heavy atom. The molecule has 6 heteroatoms. The summed E-state index contributed by atoms with van der Waals surface area (Å²) < 4.78 is 12.5. The van der Waals surface area contributed by atoms with E-state index in [9.17, 15) is 4.79 Å². The van der Waals surface area contributed by atoms with Crippen molar-refractivity contribution in [3.05, 3.63) is 35.9 Å². The Morgan fingerprint density at radius 2 is 2.14 bits per heavy atom. The van der Waals surface area contributed by atoms with Crippen LogP contribution in [0.3, 0.4) is 0 Å². The predicted octanol–water partition coefficient (Wildman–Crippen LogP) is 2.49. The Hall–Kier alpha value is -2.50. The van der Waals surface area contributed by atoms with Gasteiger partial charge in [-0.1, -0.05) is 0 Å². The Bertz CT molecular complexity index is 670. The van der Waals surface area contributed by atoms with Gasteiger partial charge in [0.2, 0.25) is 0 Å². The molecule has 116 valence electrons. The van der Waals surface area contributed by atoms with Gasteiger partial charge in [0, 0.05) is 25.2 Å². The number of nitrogens with one attached hydrogen (secondary N) is 1. The molecule has 0 unspecified atom stereocenters. The fourth-order valence-electron chi connectivity index (χ4n) is 2.62. The summed E-state index contributed by atoms with van der Waals surface area (Å²) in [5.74, 6) is 1.97. The monoisotopic (exact) mass is 301 g/mol. The van der Waals surface area contributed by atoms with Crippen molar-refractivity contribution in [1.29, 1.82) is 0 Å².